The Bertz CT molecular complexity index is 369. The fourth-order valence-electron chi connectivity index (χ4n) is 2.88. The quantitative estimate of drug-likeness (QED) is 0.856. The standard InChI is InChI=1S/C14H22N4/c15-11-14(13-3-1-2-6-16-13)18-9-7-17(8-10-18)12-4-5-12/h1-3,6,12,14H,4-5,7-11,15H2. The molecule has 2 aliphatic rings. The van der Waals surface area contributed by atoms with Crippen molar-refractivity contribution >= 4 is 0 Å². The zero-order valence-corrected chi connectivity index (χ0v) is 10.8. The molecule has 2 fully saturated rings. The Kier molecular flexibility index (Phi) is 3.59. The number of aromatic nitrogens is 1. The highest BCUT2D eigenvalue weighted by Gasteiger charge is 2.33. The molecule has 98 valence electrons. The third kappa shape index (κ3) is 2.55. The lowest BCUT2D eigenvalue weighted by Gasteiger charge is -2.38. The van der Waals surface area contributed by atoms with Gasteiger partial charge in [-0.05, 0) is 25.0 Å². The molecule has 4 nitrogen and oxygen atoms in total. The van der Waals surface area contributed by atoms with Crippen molar-refractivity contribution in [3.8, 4) is 0 Å². The van der Waals surface area contributed by atoms with Gasteiger partial charge in [-0.2, -0.15) is 0 Å². The fraction of sp³-hybridized carbons (Fsp3) is 0.643. The van der Waals surface area contributed by atoms with Gasteiger partial charge in [0.15, 0.2) is 0 Å². The van der Waals surface area contributed by atoms with E-state index in [0.29, 0.717) is 6.54 Å². The molecule has 0 radical (unpaired) electrons. The minimum absolute atomic E-state index is 0.285. The van der Waals surface area contributed by atoms with Gasteiger partial charge >= 0.3 is 0 Å². The predicted octanol–water partition coefficient (Wildman–Crippen LogP) is 0.861. The SMILES string of the molecule is NCC(c1ccccn1)N1CCN(C2CC2)CC1. The second-order valence-electron chi connectivity index (χ2n) is 5.31. The van der Waals surface area contributed by atoms with E-state index in [1.165, 1.54) is 25.9 Å². The minimum atomic E-state index is 0.285. The van der Waals surface area contributed by atoms with Gasteiger partial charge in [0, 0.05) is 45.0 Å². The van der Waals surface area contributed by atoms with Crippen LogP contribution in [0.1, 0.15) is 24.6 Å². The normalized spacial score (nSPS) is 24.1. The van der Waals surface area contributed by atoms with Crippen LogP contribution in [0.3, 0.4) is 0 Å². The minimum Gasteiger partial charge on any atom is -0.329 e. The van der Waals surface area contributed by atoms with Crippen LogP contribution in [0, 0.1) is 0 Å². The van der Waals surface area contributed by atoms with Crippen LogP contribution >= 0.6 is 0 Å². The zero-order chi connectivity index (χ0) is 12.4. The average Bonchev–Trinajstić information content (AvgIpc) is 3.26. The second-order valence-corrected chi connectivity index (χ2v) is 5.31. The first-order valence-electron chi connectivity index (χ1n) is 6.97. The predicted molar refractivity (Wildman–Crippen MR) is 72.2 cm³/mol. The Labute approximate surface area is 109 Å². The van der Waals surface area contributed by atoms with Crippen LogP contribution in [-0.2, 0) is 0 Å². The molecule has 1 aromatic heterocycles. The van der Waals surface area contributed by atoms with E-state index in [2.05, 4.69) is 20.9 Å². The number of piperazine rings is 1. The van der Waals surface area contributed by atoms with Crippen LogP contribution < -0.4 is 5.73 Å². The first-order chi connectivity index (χ1) is 8.88. The van der Waals surface area contributed by atoms with E-state index in [9.17, 15) is 0 Å². The molecule has 1 unspecified atom stereocenters. The maximum atomic E-state index is 5.95. The first-order valence-corrected chi connectivity index (χ1v) is 6.97. The third-order valence-corrected chi connectivity index (χ3v) is 4.11. The van der Waals surface area contributed by atoms with Gasteiger partial charge in [0.1, 0.15) is 0 Å². The summed E-state index contributed by atoms with van der Waals surface area (Å²) >= 11 is 0. The van der Waals surface area contributed by atoms with Crippen LogP contribution in [0.5, 0.6) is 0 Å². The summed E-state index contributed by atoms with van der Waals surface area (Å²) in [7, 11) is 0. The lowest BCUT2D eigenvalue weighted by molar-refractivity contribution is 0.0923. The van der Waals surface area contributed by atoms with Crippen molar-refractivity contribution < 1.29 is 0 Å². The summed E-state index contributed by atoms with van der Waals surface area (Å²) in [5.74, 6) is 0. The van der Waals surface area contributed by atoms with Crippen molar-refractivity contribution in [2.24, 2.45) is 5.73 Å². The van der Waals surface area contributed by atoms with Crippen molar-refractivity contribution in [2.45, 2.75) is 24.9 Å². The summed E-state index contributed by atoms with van der Waals surface area (Å²) < 4.78 is 0. The Morgan fingerprint density at radius 3 is 2.56 bits per heavy atom. The van der Waals surface area contributed by atoms with E-state index in [1.807, 2.05) is 18.3 Å². The number of rotatable bonds is 4. The average molecular weight is 246 g/mol. The molecule has 1 saturated carbocycles. The van der Waals surface area contributed by atoms with Gasteiger partial charge in [-0.25, -0.2) is 0 Å². The molecular formula is C14H22N4. The van der Waals surface area contributed by atoms with Gasteiger partial charge in [-0.3, -0.25) is 14.8 Å². The van der Waals surface area contributed by atoms with E-state index in [1.54, 1.807) is 0 Å². The van der Waals surface area contributed by atoms with E-state index in [4.69, 9.17) is 5.73 Å². The molecule has 3 rings (SSSR count). The van der Waals surface area contributed by atoms with Gasteiger partial charge in [-0.15, -0.1) is 0 Å². The van der Waals surface area contributed by atoms with Crippen molar-refractivity contribution in [3.05, 3.63) is 30.1 Å². The van der Waals surface area contributed by atoms with Crippen molar-refractivity contribution in [3.63, 3.8) is 0 Å². The number of nitrogens with two attached hydrogens (primary N) is 1. The Hall–Kier alpha value is -0.970. The van der Waals surface area contributed by atoms with Crippen molar-refractivity contribution in [1.82, 2.24) is 14.8 Å². The summed E-state index contributed by atoms with van der Waals surface area (Å²) in [5.41, 5.74) is 7.06. The maximum Gasteiger partial charge on any atom is 0.0645 e. The van der Waals surface area contributed by atoms with Crippen LogP contribution in [0.15, 0.2) is 24.4 Å². The smallest absolute Gasteiger partial charge is 0.0645 e. The van der Waals surface area contributed by atoms with E-state index >= 15 is 0 Å². The number of nitrogens with zero attached hydrogens (tertiary/aromatic N) is 3. The van der Waals surface area contributed by atoms with Gasteiger partial charge < -0.3 is 5.73 Å². The highest BCUT2D eigenvalue weighted by Crippen LogP contribution is 2.29. The largest absolute Gasteiger partial charge is 0.329 e. The third-order valence-electron chi connectivity index (χ3n) is 4.11. The summed E-state index contributed by atoms with van der Waals surface area (Å²) in [6.07, 6.45) is 4.67. The number of pyridine rings is 1. The van der Waals surface area contributed by atoms with Crippen LogP contribution in [0.25, 0.3) is 0 Å². The molecule has 0 bridgehead atoms. The summed E-state index contributed by atoms with van der Waals surface area (Å²) in [6.45, 7) is 5.27. The van der Waals surface area contributed by atoms with Gasteiger partial charge in [-0.1, -0.05) is 6.07 Å². The topological polar surface area (TPSA) is 45.4 Å². The van der Waals surface area contributed by atoms with E-state index in [0.717, 1.165) is 24.8 Å². The molecule has 1 aliphatic heterocycles. The van der Waals surface area contributed by atoms with E-state index < -0.39 is 0 Å². The lowest BCUT2D eigenvalue weighted by Crippen LogP contribution is -2.49. The van der Waals surface area contributed by atoms with Crippen LogP contribution in [-0.4, -0.2) is 53.5 Å². The van der Waals surface area contributed by atoms with Crippen LogP contribution in [0.4, 0.5) is 0 Å². The molecule has 0 amide bonds. The molecule has 4 heteroatoms. The summed E-state index contributed by atoms with van der Waals surface area (Å²) in [5, 5.41) is 0. The van der Waals surface area contributed by atoms with E-state index in [-0.39, 0.29) is 6.04 Å². The molecule has 2 N–H and O–H groups in total. The molecule has 1 atom stereocenters. The fourth-order valence-corrected chi connectivity index (χ4v) is 2.88. The molecular weight excluding hydrogens is 224 g/mol. The monoisotopic (exact) mass is 246 g/mol. The van der Waals surface area contributed by atoms with Crippen molar-refractivity contribution in [1.29, 1.82) is 0 Å². The zero-order valence-electron chi connectivity index (χ0n) is 10.8. The molecule has 1 saturated heterocycles. The lowest BCUT2D eigenvalue weighted by atomic mass is 10.1. The molecule has 1 aromatic rings. The molecule has 18 heavy (non-hydrogen) atoms. The first kappa shape index (κ1) is 12.1. The number of hydrogen-bond acceptors (Lipinski definition) is 4. The van der Waals surface area contributed by atoms with Crippen molar-refractivity contribution in [2.75, 3.05) is 32.7 Å². The Balaban J connectivity index is 1.62. The molecule has 1 aliphatic carbocycles. The number of hydrogen-bond donors (Lipinski definition) is 1. The molecule has 0 spiro atoms. The second kappa shape index (κ2) is 5.34. The van der Waals surface area contributed by atoms with Gasteiger partial charge in [0.2, 0.25) is 0 Å². The maximum absolute atomic E-state index is 5.95. The summed E-state index contributed by atoms with van der Waals surface area (Å²) in [6, 6.07) is 7.27. The highest BCUT2D eigenvalue weighted by atomic mass is 15.3. The molecule has 2 heterocycles. The van der Waals surface area contributed by atoms with Crippen LogP contribution in [0.2, 0.25) is 0 Å². The Morgan fingerprint density at radius 2 is 2.00 bits per heavy atom. The molecule has 0 aromatic carbocycles. The Morgan fingerprint density at radius 1 is 1.22 bits per heavy atom. The summed E-state index contributed by atoms with van der Waals surface area (Å²) in [4.78, 5) is 9.57. The van der Waals surface area contributed by atoms with Gasteiger partial charge in [0.25, 0.3) is 0 Å². The van der Waals surface area contributed by atoms with Gasteiger partial charge in [0.05, 0.1) is 11.7 Å². The highest BCUT2D eigenvalue weighted by molar-refractivity contribution is 5.10.